The predicted octanol–water partition coefficient (Wildman–Crippen LogP) is 2.51. The molecule has 1 aliphatic heterocycles. The van der Waals surface area contributed by atoms with Gasteiger partial charge in [0.2, 0.25) is 5.78 Å². The Hall–Kier alpha value is -3.68. The van der Waals surface area contributed by atoms with E-state index in [1.54, 1.807) is 36.4 Å². The number of ether oxygens (including phenoxy) is 3. The van der Waals surface area contributed by atoms with Crippen molar-refractivity contribution in [3.8, 4) is 11.5 Å². The first-order valence-electron chi connectivity index (χ1n) is 9.32. The van der Waals surface area contributed by atoms with E-state index in [0.29, 0.717) is 22.6 Å². The lowest BCUT2D eigenvalue weighted by Gasteiger charge is -2.13. The Balaban J connectivity index is 1.49. The highest BCUT2D eigenvalue weighted by molar-refractivity contribution is 6.21. The maximum absolute atomic E-state index is 12.4. The third kappa shape index (κ3) is 4.32. The van der Waals surface area contributed by atoms with Crippen LogP contribution in [0.25, 0.3) is 0 Å². The van der Waals surface area contributed by atoms with Crippen LogP contribution in [0.5, 0.6) is 11.5 Å². The molecular formula is C22H21NO7. The molecule has 0 aromatic heterocycles. The minimum atomic E-state index is -0.596. The molecule has 0 fully saturated rings. The summed E-state index contributed by atoms with van der Waals surface area (Å²) in [6, 6.07) is 11.3. The largest absolute Gasteiger partial charge is 0.497 e. The SMILES string of the molecule is COc1ccc(OC)c(C(=O)COC(=O)CCCN2C(=O)c3ccccc3C2=O)c1. The van der Waals surface area contributed by atoms with Gasteiger partial charge >= 0.3 is 5.97 Å². The van der Waals surface area contributed by atoms with E-state index in [-0.39, 0.29) is 36.8 Å². The van der Waals surface area contributed by atoms with E-state index in [2.05, 4.69) is 0 Å². The van der Waals surface area contributed by atoms with Gasteiger partial charge in [0.1, 0.15) is 11.5 Å². The van der Waals surface area contributed by atoms with Crippen molar-refractivity contribution in [3.05, 3.63) is 59.2 Å². The fourth-order valence-corrected chi connectivity index (χ4v) is 3.15. The van der Waals surface area contributed by atoms with Crippen molar-refractivity contribution >= 4 is 23.6 Å². The number of esters is 1. The molecule has 0 bridgehead atoms. The number of ketones is 1. The second-order valence-corrected chi connectivity index (χ2v) is 6.56. The van der Waals surface area contributed by atoms with Gasteiger partial charge in [0, 0.05) is 13.0 Å². The van der Waals surface area contributed by atoms with Crippen LogP contribution in [0.1, 0.15) is 43.9 Å². The van der Waals surface area contributed by atoms with E-state index in [9.17, 15) is 19.2 Å². The fraction of sp³-hybridized carbons (Fsp3) is 0.273. The molecule has 0 aliphatic carbocycles. The number of carbonyl (C=O) groups is 4. The molecule has 3 rings (SSSR count). The maximum atomic E-state index is 12.4. The molecule has 0 spiro atoms. The number of hydrogen-bond donors (Lipinski definition) is 0. The molecule has 0 saturated carbocycles. The van der Waals surface area contributed by atoms with Gasteiger partial charge in [0.25, 0.3) is 11.8 Å². The van der Waals surface area contributed by atoms with E-state index >= 15 is 0 Å². The molecule has 156 valence electrons. The highest BCUT2D eigenvalue weighted by Gasteiger charge is 2.34. The van der Waals surface area contributed by atoms with Gasteiger partial charge in [-0.15, -0.1) is 0 Å². The van der Waals surface area contributed by atoms with Gasteiger partial charge in [0.05, 0.1) is 30.9 Å². The van der Waals surface area contributed by atoms with Crippen molar-refractivity contribution in [3.63, 3.8) is 0 Å². The van der Waals surface area contributed by atoms with Gasteiger partial charge < -0.3 is 14.2 Å². The lowest BCUT2D eigenvalue weighted by Crippen LogP contribution is -2.31. The van der Waals surface area contributed by atoms with Crippen LogP contribution >= 0.6 is 0 Å². The predicted molar refractivity (Wildman–Crippen MR) is 106 cm³/mol. The summed E-state index contributed by atoms with van der Waals surface area (Å²) in [5.41, 5.74) is 0.974. The summed E-state index contributed by atoms with van der Waals surface area (Å²) in [5.74, 6) is -0.941. The van der Waals surface area contributed by atoms with Crippen molar-refractivity contribution in [2.24, 2.45) is 0 Å². The molecule has 30 heavy (non-hydrogen) atoms. The summed E-state index contributed by atoms with van der Waals surface area (Å²) in [5, 5.41) is 0. The standard InChI is InChI=1S/C22H21NO7/c1-28-14-9-10-19(29-2)17(12-14)18(24)13-30-20(25)8-5-11-23-21(26)15-6-3-4-7-16(15)22(23)27/h3-4,6-7,9-10,12H,5,8,11,13H2,1-2H3. The number of carbonyl (C=O) groups excluding carboxylic acids is 4. The van der Waals surface area contributed by atoms with E-state index in [1.165, 1.54) is 20.3 Å². The Labute approximate surface area is 173 Å². The van der Waals surface area contributed by atoms with Gasteiger partial charge in [0.15, 0.2) is 6.61 Å². The van der Waals surface area contributed by atoms with Gasteiger partial charge in [-0.2, -0.15) is 0 Å². The highest BCUT2D eigenvalue weighted by atomic mass is 16.5. The van der Waals surface area contributed by atoms with E-state index in [1.807, 2.05) is 0 Å². The monoisotopic (exact) mass is 411 g/mol. The maximum Gasteiger partial charge on any atom is 0.306 e. The summed E-state index contributed by atoms with van der Waals surface area (Å²) >= 11 is 0. The van der Waals surface area contributed by atoms with E-state index in [4.69, 9.17) is 14.2 Å². The first kappa shape index (κ1) is 21.0. The van der Waals surface area contributed by atoms with Crippen molar-refractivity contribution < 1.29 is 33.4 Å². The topological polar surface area (TPSA) is 99.2 Å². The number of methoxy groups -OCH3 is 2. The third-order valence-electron chi connectivity index (χ3n) is 4.71. The molecule has 1 heterocycles. The fourth-order valence-electron chi connectivity index (χ4n) is 3.15. The number of hydrogen-bond acceptors (Lipinski definition) is 7. The molecule has 2 aromatic carbocycles. The Bertz CT molecular complexity index is 964. The van der Waals surface area contributed by atoms with Crippen LogP contribution in [-0.4, -0.2) is 55.8 Å². The van der Waals surface area contributed by atoms with Crippen LogP contribution in [0.3, 0.4) is 0 Å². The number of nitrogens with zero attached hydrogens (tertiary/aromatic N) is 1. The molecular weight excluding hydrogens is 390 g/mol. The minimum Gasteiger partial charge on any atom is -0.497 e. The zero-order valence-corrected chi connectivity index (χ0v) is 16.7. The molecule has 8 nitrogen and oxygen atoms in total. The van der Waals surface area contributed by atoms with Gasteiger partial charge in [-0.25, -0.2) is 0 Å². The number of fused-ring (bicyclic) bond motifs is 1. The summed E-state index contributed by atoms with van der Waals surface area (Å²) in [4.78, 5) is 50.1. The summed E-state index contributed by atoms with van der Waals surface area (Å²) in [6.07, 6.45) is 0.205. The first-order valence-corrected chi connectivity index (χ1v) is 9.32. The normalized spacial score (nSPS) is 12.5. The molecule has 2 amide bonds. The zero-order chi connectivity index (χ0) is 21.7. The molecule has 2 aromatic rings. The van der Waals surface area contributed by atoms with Crippen molar-refractivity contribution in [2.75, 3.05) is 27.4 Å². The van der Waals surface area contributed by atoms with Crippen LogP contribution < -0.4 is 9.47 Å². The van der Waals surface area contributed by atoms with Crippen LogP contribution in [-0.2, 0) is 9.53 Å². The molecule has 0 unspecified atom stereocenters. The zero-order valence-electron chi connectivity index (χ0n) is 16.7. The lowest BCUT2D eigenvalue weighted by molar-refractivity contribution is -0.142. The lowest BCUT2D eigenvalue weighted by atomic mass is 10.1. The average molecular weight is 411 g/mol. The van der Waals surface area contributed by atoms with E-state index < -0.39 is 18.4 Å². The van der Waals surface area contributed by atoms with Crippen molar-refractivity contribution in [1.29, 1.82) is 0 Å². The van der Waals surface area contributed by atoms with E-state index in [0.717, 1.165) is 4.90 Å². The minimum absolute atomic E-state index is 0.0318. The molecule has 1 aliphatic rings. The number of benzene rings is 2. The molecule has 0 radical (unpaired) electrons. The Morgan fingerprint density at radius 2 is 1.60 bits per heavy atom. The summed E-state index contributed by atoms with van der Waals surface area (Å²) < 4.78 is 15.3. The third-order valence-corrected chi connectivity index (χ3v) is 4.71. The summed E-state index contributed by atoms with van der Waals surface area (Å²) in [6.45, 7) is -0.353. The number of Topliss-reactive ketones (excluding diaryl/α,β-unsaturated/α-hetero) is 1. The molecule has 0 atom stereocenters. The summed E-state index contributed by atoms with van der Waals surface area (Å²) in [7, 11) is 2.91. The van der Waals surface area contributed by atoms with Crippen LogP contribution in [0.2, 0.25) is 0 Å². The first-order chi connectivity index (χ1) is 14.5. The molecule has 0 saturated heterocycles. The Morgan fingerprint density at radius 1 is 0.933 bits per heavy atom. The smallest absolute Gasteiger partial charge is 0.306 e. The van der Waals surface area contributed by atoms with Crippen molar-refractivity contribution in [2.45, 2.75) is 12.8 Å². The Kier molecular flexibility index (Phi) is 6.46. The quantitative estimate of drug-likeness (QED) is 0.355. The van der Waals surface area contributed by atoms with Gasteiger partial charge in [-0.3, -0.25) is 24.1 Å². The highest BCUT2D eigenvalue weighted by Crippen LogP contribution is 2.25. The number of amides is 2. The van der Waals surface area contributed by atoms with Crippen LogP contribution in [0, 0.1) is 0 Å². The van der Waals surface area contributed by atoms with Crippen LogP contribution in [0.15, 0.2) is 42.5 Å². The molecule has 8 heteroatoms. The van der Waals surface area contributed by atoms with Gasteiger partial charge in [-0.1, -0.05) is 12.1 Å². The number of rotatable bonds is 9. The van der Waals surface area contributed by atoms with Gasteiger partial charge in [-0.05, 0) is 36.8 Å². The van der Waals surface area contributed by atoms with Crippen molar-refractivity contribution in [1.82, 2.24) is 4.90 Å². The van der Waals surface area contributed by atoms with Crippen LogP contribution in [0.4, 0.5) is 0 Å². The second kappa shape index (κ2) is 9.21. The number of imide groups is 1. The average Bonchev–Trinajstić information content (AvgIpc) is 3.02. The second-order valence-electron chi connectivity index (χ2n) is 6.56. The Morgan fingerprint density at radius 3 is 2.20 bits per heavy atom. The molecule has 0 N–H and O–H groups in total.